The number of aromatic nitrogens is 4. The lowest BCUT2D eigenvalue weighted by Gasteiger charge is -2.27. The Hall–Kier alpha value is -3.07. The number of nitrogens with one attached hydrogen (secondary N) is 1. The zero-order chi connectivity index (χ0) is 22.3. The molecule has 0 saturated heterocycles. The van der Waals surface area contributed by atoms with Crippen molar-refractivity contribution in [3.8, 4) is 5.69 Å². The second-order valence-electron chi connectivity index (χ2n) is 7.93. The Labute approximate surface area is 184 Å². The number of carbonyl (C=O) groups excluding carboxylic acids is 1. The van der Waals surface area contributed by atoms with Crippen LogP contribution in [0.5, 0.6) is 0 Å². The number of fused-ring (bicyclic) bond motifs is 1. The van der Waals surface area contributed by atoms with Gasteiger partial charge in [0.2, 0.25) is 5.91 Å². The molecule has 3 heterocycles. The highest BCUT2D eigenvalue weighted by atomic mass is 32.2. The number of nitrogens with zero attached hydrogens (tertiary/aromatic N) is 4. The number of hydrogen-bond donors (Lipinski definition) is 2. The van der Waals surface area contributed by atoms with Gasteiger partial charge in [0.1, 0.15) is 11.3 Å². The molecule has 9 heteroatoms. The molecule has 0 atom stereocenters. The van der Waals surface area contributed by atoms with Crippen LogP contribution < -0.4 is 16.3 Å². The molecule has 1 aliphatic rings. The average molecular weight is 439 g/mol. The minimum Gasteiger partial charge on any atom is -0.366 e. The second-order valence-corrected chi connectivity index (χ2v) is 8.78. The fourth-order valence-corrected chi connectivity index (χ4v) is 4.47. The number of nitrogens with two attached hydrogens (primary N) is 1. The van der Waals surface area contributed by atoms with Crippen molar-refractivity contribution in [2.45, 2.75) is 38.0 Å². The molecule has 162 valence electrons. The van der Waals surface area contributed by atoms with Gasteiger partial charge in [0.05, 0.1) is 5.69 Å². The van der Waals surface area contributed by atoms with Crippen molar-refractivity contribution < 1.29 is 4.79 Å². The molecule has 0 saturated carbocycles. The molecule has 0 radical (unpaired) electrons. The normalized spacial score (nSPS) is 14.4. The Balaban J connectivity index is 1.86. The van der Waals surface area contributed by atoms with Gasteiger partial charge in [-0.25, -0.2) is 19.3 Å². The third-order valence-corrected chi connectivity index (χ3v) is 6.33. The zero-order valence-electron chi connectivity index (χ0n) is 18.1. The van der Waals surface area contributed by atoms with E-state index in [1.165, 1.54) is 5.56 Å². The number of aryl methyl sites for hydroxylation is 1. The second kappa shape index (κ2) is 8.22. The van der Waals surface area contributed by atoms with Crippen molar-refractivity contribution in [1.29, 1.82) is 0 Å². The van der Waals surface area contributed by atoms with E-state index >= 15 is 0 Å². The highest BCUT2D eigenvalue weighted by Gasteiger charge is 2.23. The van der Waals surface area contributed by atoms with Crippen molar-refractivity contribution in [2.75, 3.05) is 24.2 Å². The minimum absolute atomic E-state index is 0.255. The molecule has 0 bridgehead atoms. The maximum absolute atomic E-state index is 13.1. The van der Waals surface area contributed by atoms with E-state index in [1.54, 1.807) is 16.3 Å². The smallest absolute Gasteiger partial charge is 0.332 e. The lowest BCUT2D eigenvalue weighted by molar-refractivity contribution is -0.114. The largest absolute Gasteiger partial charge is 0.366 e. The van der Waals surface area contributed by atoms with E-state index in [0.29, 0.717) is 53.8 Å². The van der Waals surface area contributed by atoms with Crippen LogP contribution in [-0.4, -0.2) is 44.8 Å². The van der Waals surface area contributed by atoms with Gasteiger partial charge in [-0.3, -0.25) is 4.79 Å². The highest BCUT2D eigenvalue weighted by Crippen LogP contribution is 2.31. The molecular weight excluding hydrogens is 412 g/mol. The van der Waals surface area contributed by atoms with Crippen LogP contribution in [0.25, 0.3) is 16.9 Å². The maximum Gasteiger partial charge on any atom is 0.332 e. The maximum atomic E-state index is 13.1. The van der Waals surface area contributed by atoms with Crippen LogP contribution in [0.2, 0.25) is 0 Å². The summed E-state index contributed by atoms with van der Waals surface area (Å²) in [6.07, 6.45) is 4.36. The Morgan fingerprint density at radius 2 is 2.06 bits per heavy atom. The van der Waals surface area contributed by atoms with Crippen molar-refractivity contribution in [2.24, 2.45) is 5.73 Å². The van der Waals surface area contributed by atoms with E-state index in [4.69, 9.17) is 5.73 Å². The third-order valence-electron chi connectivity index (χ3n) is 5.57. The highest BCUT2D eigenvalue weighted by molar-refractivity contribution is 7.98. The van der Waals surface area contributed by atoms with Crippen molar-refractivity contribution in [1.82, 2.24) is 19.5 Å². The monoisotopic (exact) mass is 438 g/mol. The Kier molecular flexibility index (Phi) is 5.62. The van der Waals surface area contributed by atoms with Gasteiger partial charge in [0, 0.05) is 23.6 Å². The first-order valence-electron chi connectivity index (χ1n) is 10.2. The van der Waals surface area contributed by atoms with Crippen LogP contribution in [0.15, 0.2) is 39.5 Å². The zero-order valence-corrected chi connectivity index (χ0v) is 18.9. The van der Waals surface area contributed by atoms with Gasteiger partial charge in [-0.15, -0.1) is 11.8 Å². The number of H-pyrrole nitrogens is 1. The first kappa shape index (κ1) is 21.2. The number of aromatic amines is 1. The molecule has 3 N–H and O–H groups in total. The lowest BCUT2D eigenvalue weighted by atomic mass is 10.0. The summed E-state index contributed by atoms with van der Waals surface area (Å²) >= 11 is 1.60. The predicted octanol–water partition coefficient (Wildman–Crippen LogP) is 2.88. The number of hydrogen-bond acceptors (Lipinski definition) is 6. The van der Waals surface area contributed by atoms with Gasteiger partial charge >= 0.3 is 5.69 Å². The summed E-state index contributed by atoms with van der Waals surface area (Å²) in [7, 11) is 0. The standard InChI is InChI=1S/C22H26N6O2S/c1-12(2)15-5-6-16(17(11-15)31-4)28-21-18(26-22(28)30)20(24-13(3)25-21)27-9-7-14(8-10-27)19(23)29/h5-7,11-12H,8-10H2,1-4H3,(H2,23,29)(H,26,30). The summed E-state index contributed by atoms with van der Waals surface area (Å²) < 4.78 is 1.62. The molecule has 2 aromatic heterocycles. The summed E-state index contributed by atoms with van der Waals surface area (Å²) in [6, 6.07) is 6.17. The number of primary amides is 1. The number of anilines is 1. The van der Waals surface area contributed by atoms with Crippen LogP contribution in [0.1, 0.15) is 37.6 Å². The molecule has 0 spiro atoms. The van der Waals surface area contributed by atoms with Crippen LogP contribution in [0.4, 0.5) is 5.82 Å². The molecule has 0 unspecified atom stereocenters. The van der Waals surface area contributed by atoms with Crippen LogP contribution in [-0.2, 0) is 4.79 Å². The fourth-order valence-electron chi connectivity index (χ4n) is 3.85. The topological polar surface area (TPSA) is 110 Å². The van der Waals surface area contributed by atoms with Gasteiger partial charge in [-0.05, 0) is 43.2 Å². The molecule has 31 heavy (non-hydrogen) atoms. The van der Waals surface area contributed by atoms with E-state index in [1.807, 2.05) is 30.2 Å². The van der Waals surface area contributed by atoms with Gasteiger partial charge in [0.25, 0.3) is 0 Å². The summed E-state index contributed by atoms with van der Waals surface area (Å²) in [5.74, 6) is 1.23. The molecule has 0 fully saturated rings. The van der Waals surface area contributed by atoms with Crippen molar-refractivity contribution >= 4 is 34.7 Å². The van der Waals surface area contributed by atoms with E-state index in [0.717, 1.165) is 10.6 Å². The third kappa shape index (κ3) is 3.85. The summed E-state index contributed by atoms with van der Waals surface area (Å²) in [5, 5.41) is 0. The van der Waals surface area contributed by atoms with Gasteiger partial charge in [0.15, 0.2) is 11.5 Å². The summed E-state index contributed by atoms with van der Waals surface area (Å²) in [4.78, 5) is 39.7. The van der Waals surface area contributed by atoms with E-state index in [-0.39, 0.29) is 5.69 Å². The molecule has 0 aliphatic carbocycles. The fraction of sp³-hybridized carbons (Fsp3) is 0.364. The van der Waals surface area contributed by atoms with Crippen LogP contribution in [0, 0.1) is 6.92 Å². The number of benzene rings is 1. The first-order chi connectivity index (χ1) is 14.8. The van der Waals surface area contributed by atoms with Gasteiger partial charge < -0.3 is 15.6 Å². The molecule has 3 aromatic rings. The molecule has 1 aliphatic heterocycles. The minimum atomic E-state index is -0.391. The SMILES string of the molecule is CSc1cc(C(C)C)ccc1-n1c(=O)[nH]c2c(N3CC=C(C(N)=O)CC3)nc(C)nc21. The first-order valence-corrected chi connectivity index (χ1v) is 11.4. The van der Waals surface area contributed by atoms with Gasteiger partial charge in [-0.1, -0.05) is 26.0 Å². The molecule has 8 nitrogen and oxygen atoms in total. The number of amides is 1. The van der Waals surface area contributed by atoms with Crippen LogP contribution in [0.3, 0.4) is 0 Å². The van der Waals surface area contributed by atoms with Gasteiger partial charge in [-0.2, -0.15) is 0 Å². The average Bonchev–Trinajstić information content (AvgIpc) is 3.08. The number of thioether (sulfide) groups is 1. The predicted molar refractivity (Wildman–Crippen MR) is 124 cm³/mol. The van der Waals surface area contributed by atoms with E-state index < -0.39 is 5.91 Å². The summed E-state index contributed by atoms with van der Waals surface area (Å²) in [5.41, 5.74) is 8.93. The van der Waals surface area contributed by atoms with E-state index in [9.17, 15) is 9.59 Å². The Morgan fingerprint density at radius 3 is 2.68 bits per heavy atom. The Morgan fingerprint density at radius 1 is 1.29 bits per heavy atom. The van der Waals surface area contributed by atoms with Crippen LogP contribution >= 0.6 is 11.8 Å². The molecular formula is C22H26N6O2S. The molecule has 1 amide bonds. The van der Waals surface area contributed by atoms with E-state index in [2.05, 4.69) is 40.9 Å². The molecule has 1 aromatic carbocycles. The number of carbonyl (C=O) groups is 1. The number of rotatable bonds is 5. The lowest BCUT2D eigenvalue weighted by Crippen LogP contribution is -2.32. The number of imidazole rings is 1. The quantitative estimate of drug-likeness (QED) is 0.593. The Bertz CT molecular complexity index is 1260. The summed E-state index contributed by atoms with van der Waals surface area (Å²) in [6.45, 7) is 7.20. The molecule has 4 rings (SSSR count). The van der Waals surface area contributed by atoms with Crippen molar-refractivity contribution in [3.63, 3.8) is 0 Å². The van der Waals surface area contributed by atoms with Crippen molar-refractivity contribution in [3.05, 3.63) is 51.7 Å².